The van der Waals surface area contributed by atoms with Gasteiger partial charge in [-0.25, -0.2) is 9.78 Å². The number of nitrogens with zero attached hydrogens (tertiary/aromatic N) is 3. The lowest BCUT2D eigenvalue weighted by Crippen LogP contribution is -2.29. The Kier molecular flexibility index (Phi) is 5.42. The van der Waals surface area contributed by atoms with E-state index in [1.807, 2.05) is 13.0 Å². The summed E-state index contributed by atoms with van der Waals surface area (Å²) in [5, 5.41) is 0. The number of aromatic nitrogens is 4. The van der Waals surface area contributed by atoms with E-state index in [0.717, 1.165) is 29.6 Å². The van der Waals surface area contributed by atoms with E-state index in [2.05, 4.69) is 4.98 Å². The Bertz CT molecular complexity index is 1330. The van der Waals surface area contributed by atoms with Crippen LogP contribution in [0.3, 0.4) is 0 Å². The lowest BCUT2D eigenvalue weighted by Gasteiger charge is -2.30. The van der Waals surface area contributed by atoms with Crippen molar-refractivity contribution < 1.29 is 14.3 Å². The molecule has 35 heavy (non-hydrogen) atoms. The summed E-state index contributed by atoms with van der Waals surface area (Å²) < 4.78 is 12.7. The van der Waals surface area contributed by atoms with Crippen LogP contribution in [0.1, 0.15) is 74.1 Å². The maximum Gasteiger partial charge on any atom is 0.338 e. The predicted octanol–water partition coefficient (Wildman–Crippen LogP) is 4.36. The molecular formula is C27H32N4O4. The van der Waals surface area contributed by atoms with E-state index >= 15 is 0 Å². The Hall–Kier alpha value is -3.16. The molecule has 8 heteroatoms. The number of rotatable bonds is 8. The van der Waals surface area contributed by atoms with Gasteiger partial charge in [0.15, 0.2) is 11.2 Å². The average Bonchev–Trinajstić information content (AvgIpc) is 3.47. The van der Waals surface area contributed by atoms with E-state index < -0.39 is 0 Å². The molecule has 2 heterocycles. The van der Waals surface area contributed by atoms with Gasteiger partial charge in [-0.2, -0.15) is 4.98 Å². The van der Waals surface area contributed by atoms with Crippen molar-refractivity contribution in [3.8, 4) is 6.01 Å². The maximum atomic E-state index is 13.5. The fourth-order valence-corrected chi connectivity index (χ4v) is 7.07. The van der Waals surface area contributed by atoms with Crippen LogP contribution in [0.15, 0.2) is 29.1 Å². The molecule has 0 saturated heterocycles. The summed E-state index contributed by atoms with van der Waals surface area (Å²) in [6, 6.07) is 7.40. The molecule has 4 saturated carbocycles. The number of ether oxygens (including phenoxy) is 2. The summed E-state index contributed by atoms with van der Waals surface area (Å²) in [7, 11) is 0. The minimum atomic E-state index is -0.366. The van der Waals surface area contributed by atoms with Crippen LogP contribution >= 0.6 is 0 Å². The summed E-state index contributed by atoms with van der Waals surface area (Å²) in [6.07, 6.45) is 7.07. The Morgan fingerprint density at radius 3 is 2.71 bits per heavy atom. The highest BCUT2D eigenvalue weighted by molar-refractivity contribution is 5.89. The van der Waals surface area contributed by atoms with Gasteiger partial charge < -0.3 is 14.5 Å². The second kappa shape index (κ2) is 8.50. The normalized spacial score (nSPS) is 26.5. The highest BCUT2D eigenvalue weighted by atomic mass is 16.5. The van der Waals surface area contributed by atoms with Gasteiger partial charge in [0.1, 0.15) is 12.4 Å². The van der Waals surface area contributed by atoms with Gasteiger partial charge in [-0.3, -0.25) is 9.36 Å². The molecule has 0 radical (unpaired) electrons. The second-order valence-corrected chi connectivity index (χ2v) is 10.5. The van der Waals surface area contributed by atoms with Crippen molar-refractivity contribution in [1.82, 2.24) is 19.5 Å². The number of nitrogens with one attached hydrogen (secondary N) is 1. The van der Waals surface area contributed by atoms with Gasteiger partial charge in [0.25, 0.3) is 5.56 Å². The van der Waals surface area contributed by atoms with E-state index in [4.69, 9.17) is 19.4 Å². The average molecular weight is 477 g/mol. The molecule has 2 unspecified atom stereocenters. The predicted molar refractivity (Wildman–Crippen MR) is 130 cm³/mol. The van der Waals surface area contributed by atoms with Crippen LogP contribution in [0.5, 0.6) is 6.01 Å². The standard InChI is InChI=1S/C27H32N4O4/c1-3-8-31-23(32)21-22(29-25(28-21)27-13-17-9-18(14-27)12-20(27)11-17)30-26(31)35-15-16-6-5-7-19(10-16)24(33)34-4-2/h5-7,10,17-18,20H,3-4,8-9,11-15H2,1-2H3,(H,28,29). The number of carbonyl (C=O) groups excluding carboxylic acids is 1. The van der Waals surface area contributed by atoms with Gasteiger partial charge >= 0.3 is 12.0 Å². The lowest BCUT2D eigenvalue weighted by atomic mass is 9.75. The molecule has 1 aromatic carbocycles. The summed E-state index contributed by atoms with van der Waals surface area (Å²) in [6.45, 7) is 4.81. The molecule has 4 aliphatic carbocycles. The van der Waals surface area contributed by atoms with Gasteiger partial charge in [0, 0.05) is 12.0 Å². The number of esters is 1. The van der Waals surface area contributed by atoms with Crippen molar-refractivity contribution >= 4 is 17.1 Å². The van der Waals surface area contributed by atoms with E-state index in [9.17, 15) is 9.59 Å². The molecule has 7 rings (SSSR count). The fraction of sp³-hybridized carbons (Fsp3) is 0.556. The molecule has 2 aromatic heterocycles. The number of aromatic amines is 1. The number of H-pyrrole nitrogens is 1. The van der Waals surface area contributed by atoms with Crippen LogP contribution in [0.4, 0.5) is 0 Å². The first-order valence-corrected chi connectivity index (χ1v) is 12.9. The molecule has 0 spiro atoms. The van der Waals surface area contributed by atoms with Gasteiger partial charge in [0.05, 0.1) is 12.2 Å². The molecule has 2 atom stereocenters. The van der Waals surface area contributed by atoms with Crippen LogP contribution in [0.2, 0.25) is 0 Å². The topological polar surface area (TPSA) is 99.1 Å². The van der Waals surface area contributed by atoms with Crippen LogP contribution in [-0.4, -0.2) is 32.1 Å². The highest BCUT2D eigenvalue weighted by Gasteiger charge is 2.59. The van der Waals surface area contributed by atoms with Gasteiger partial charge in [-0.05, 0) is 80.9 Å². The quantitative estimate of drug-likeness (QED) is 0.485. The van der Waals surface area contributed by atoms with Crippen molar-refractivity contribution in [3.63, 3.8) is 0 Å². The Labute approximate surface area is 204 Å². The largest absolute Gasteiger partial charge is 0.462 e. The molecule has 0 aliphatic heterocycles. The zero-order valence-electron chi connectivity index (χ0n) is 20.4. The fourth-order valence-electron chi connectivity index (χ4n) is 7.07. The molecule has 0 amide bonds. The first kappa shape index (κ1) is 22.3. The first-order chi connectivity index (χ1) is 17.0. The van der Waals surface area contributed by atoms with Crippen molar-refractivity contribution in [3.05, 3.63) is 51.6 Å². The molecule has 3 aromatic rings. The van der Waals surface area contributed by atoms with Gasteiger partial charge in [-0.15, -0.1) is 0 Å². The van der Waals surface area contributed by atoms with Gasteiger partial charge in [-0.1, -0.05) is 19.1 Å². The molecule has 8 nitrogen and oxygen atoms in total. The number of hydrogen-bond donors (Lipinski definition) is 1. The number of carbonyl (C=O) groups is 1. The molecule has 4 aliphatic rings. The summed E-state index contributed by atoms with van der Waals surface area (Å²) in [4.78, 5) is 38.6. The van der Waals surface area contributed by atoms with Crippen LogP contribution < -0.4 is 10.3 Å². The number of imidazole rings is 1. The van der Waals surface area contributed by atoms with Crippen molar-refractivity contribution in [1.29, 1.82) is 0 Å². The monoisotopic (exact) mass is 476 g/mol. The number of benzene rings is 1. The van der Waals surface area contributed by atoms with Crippen LogP contribution in [0, 0.1) is 17.8 Å². The molecule has 1 N–H and O–H groups in total. The first-order valence-electron chi connectivity index (χ1n) is 12.9. The summed E-state index contributed by atoms with van der Waals surface area (Å²) in [5.41, 5.74) is 2.14. The van der Waals surface area contributed by atoms with E-state index in [1.54, 1.807) is 29.7 Å². The maximum absolute atomic E-state index is 13.5. The third kappa shape index (κ3) is 3.65. The summed E-state index contributed by atoms with van der Waals surface area (Å²) >= 11 is 0. The Balaban J connectivity index is 1.32. The summed E-state index contributed by atoms with van der Waals surface area (Å²) in [5.74, 6) is 2.86. The molecule has 184 valence electrons. The van der Waals surface area contributed by atoms with E-state index in [1.165, 1.54) is 32.1 Å². The number of fused-ring (bicyclic) bond motifs is 1. The minimum absolute atomic E-state index is 0.0882. The molecule has 4 fully saturated rings. The van der Waals surface area contributed by atoms with Crippen molar-refractivity contribution in [2.24, 2.45) is 17.8 Å². The molecular weight excluding hydrogens is 444 g/mol. The third-order valence-corrected chi connectivity index (χ3v) is 8.29. The SMILES string of the molecule is CCCn1c(OCc2cccc(C(=O)OCC)c2)nc2nc(C34CC5CC(CC3C5)C4)[nH]c2c1=O. The lowest BCUT2D eigenvalue weighted by molar-refractivity contribution is 0.0526. The Morgan fingerprint density at radius 2 is 1.97 bits per heavy atom. The minimum Gasteiger partial charge on any atom is -0.462 e. The van der Waals surface area contributed by atoms with E-state index in [-0.39, 0.29) is 29.6 Å². The Morgan fingerprint density at radius 1 is 1.17 bits per heavy atom. The van der Waals surface area contributed by atoms with Gasteiger partial charge in [0.2, 0.25) is 0 Å². The zero-order valence-corrected chi connectivity index (χ0v) is 20.4. The molecule has 4 bridgehead atoms. The zero-order chi connectivity index (χ0) is 24.2. The van der Waals surface area contributed by atoms with Crippen molar-refractivity contribution in [2.75, 3.05) is 6.61 Å². The van der Waals surface area contributed by atoms with Crippen LogP contribution in [0.25, 0.3) is 11.2 Å². The van der Waals surface area contributed by atoms with Crippen LogP contribution in [-0.2, 0) is 23.3 Å². The van der Waals surface area contributed by atoms with E-state index in [0.29, 0.717) is 35.8 Å². The van der Waals surface area contributed by atoms with Crippen molar-refractivity contribution in [2.45, 2.75) is 70.9 Å². The number of hydrogen-bond acceptors (Lipinski definition) is 6. The second-order valence-electron chi connectivity index (χ2n) is 10.5. The smallest absolute Gasteiger partial charge is 0.338 e. The third-order valence-electron chi connectivity index (χ3n) is 8.29. The highest BCUT2D eigenvalue weighted by Crippen LogP contribution is 2.65.